The van der Waals surface area contributed by atoms with Crippen LogP contribution < -0.4 is 26.6 Å². The third kappa shape index (κ3) is 18.7. The minimum atomic E-state index is -1.20. The van der Waals surface area contributed by atoms with Crippen molar-refractivity contribution in [2.75, 3.05) is 19.6 Å². The van der Waals surface area contributed by atoms with Crippen molar-refractivity contribution >= 4 is 41.4 Å². The van der Waals surface area contributed by atoms with Crippen molar-refractivity contribution in [3.8, 4) is 0 Å². The molecule has 0 aromatic carbocycles. The third-order valence-corrected chi connectivity index (χ3v) is 9.44. The summed E-state index contributed by atoms with van der Waals surface area (Å²) in [5.41, 5.74) is 0. The van der Waals surface area contributed by atoms with Gasteiger partial charge >= 0.3 is 5.97 Å². The molecule has 6 amide bonds. The van der Waals surface area contributed by atoms with Gasteiger partial charge in [-0.25, -0.2) is 0 Å². The Bertz CT molecular complexity index is 1150. The molecule has 0 radical (unpaired) electrons. The van der Waals surface area contributed by atoms with Crippen molar-refractivity contribution in [2.45, 2.75) is 168 Å². The Labute approximate surface area is 311 Å². The summed E-state index contributed by atoms with van der Waals surface area (Å²) in [7, 11) is 0. The van der Waals surface area contributed by atoms with Gasteiger partial charge in [-0.15, -0.1) is 0 Å². The first-order valence-corrected chi connectivity index (χ1v) is 19.7. The maximum atomic E-state index is 13.2. The monoisotopic (exact) mass is 737 g/mol. The molecule has 0 spiro atoms. The van der Waals surface area contributed by atoms with Gasteiger partial charge in [0.1, 0.15) is 30.7 Å². The number of amides is 6. The van der Waals surface area contributed by atoms with E-state index in [0.29, 0.717) is 19.3 Å². The average molecular weight is 737 g/mol. The molecular formula is C38H68N6O8. The molecule has 298 valence electrons. The van der Waals surface area contributed by atoms with Gasteiger partial charge in [0.15, 0.2) is 0 Å². The molecule has 0 aliphatic carbocycles. The Morgan fingerprint density at radius 3 is 1.65 bits per heavy atom. The number of hydrogen-bond donors (Lipinski definition) is 6. The summed E-state index contributed by atoms with van der Waals surface area (Å²) >= 11 is 0. The summed E-state index contributed by atoms with van der Waals surface area (Å²) in [5, 5.41) is 21.7. The first-order chi connectivity index (χ1) is 24.7. The second kappa shape index (κ2) is 26.1. The van der Waals surface area contributed by atoms with Crippen LogP contribution in [0.3, 0.4) is 0 Å². The number of carbonyl (C=O) groups excluding carboxylic acids is 6. The SMILES string of the molecule is CCCCCCCCCCCCCCCC(=O)N[C@H](C(=O)NCC(=O)N[C@H](C(=O)N[C@H](C)C(=O)N1CCC[C@@H]1C(=O)NCC(=O)O)C(C)C)C(C)C. The number of aliphatic carboxylic acids is 1. The van der Waals surface area contributed by atoms with Gasteiger partial charge in [0.2, 0.25) is 35.4 Å². The van der Waals surface area contributed by atoms with Gasteiger partial charge in [0, 0.05) is 13.0 Å². The lowest BCUT2D eigenvalue weighted by Gasteiger charge is -2.29. The van der Waals surface area contributed by atoms with E-state index >= 15 is 0 Å². The van der Waals surface area contributed by atoms with Gasteiger partial charge < -0.3 is 36.6 Å². The van der Waals surface area contributed by atoms with Gasteiger partial charge in [-0.1, -0.05) is 112 Å². The van der Waals surface area contributed by atoms with E-state index in [2.05, 4.69) is 33.5 Å². The van der Waals surface area contributed by atoms with Crippen LogP contribution in [0, 0.1) is 11.8 Å². The molecule has 1 rings (SSSR count). The third-order valence-electron chi connectivity index (χ3n) is 9.44. The van der Waals surface area contributed by atoms with Gasteiger partial charge in [0.05, 0.1) is 6.54 Å². The first kappa shape index (κ1) is 46.3. The minimum absolute atomic E-state index is 0.206. The second-order valence-corrected chi connectivity index (χ2v) is 14.8. The number of nitrogens with zero attached hydrogens (tertiary/aromatic N) is 1. The largest absolute Gasteiger partial charge is 0.480 e. The fraction of sp³-hybridized carbons (Fsp3) is 0.816. The molecule has 4 atom stereocenters. The number of rotatable bonds is 27. The maximum absolute atomic E-state index is 13.2. The van der Waals surface area contributed by atoms with E-state index in [4.69, 9.17) is 5.11 Å². The van der Waals surface area contributed by atoms with Gasteiger partial charge in [-0.05, 0) is 38.0 Å². The molecule has 14 nitrogen and oxygen atoms in total. The number of carbonyl (C=O) groups is 7. The molecule has 0 aromatic heterocycles. The number of carboxylic acid groups (broad SMARTS) is 1. The number of likely N-dealkylation sites (tertiary alicyclic amines) is 1. The predicted molar refractivity (Wildman–Crippen MR) is 200 cm³/mol. The van der Waals surface area contributed by atoms with Crippen LogP contribution in [0.2, 0.25) is 0 Å². The molecule has 14 heteroatoms. The molecule has 0 saturated carbocycles. The van der Waals surface area contributed by atoms with E-state index in [1.54, 1.807) is 13.8 Å². The highest BCUT2D eigenvalue weighted by Gasteiger charge is 2.37. The van der Waals surface area contributed by atoms with Crippen LogP contribution in [0.4, 0.5) is 0 Å². The fourth-order valence-corrected chi connectivity index (χ4v) is 6.32. The van der Waals surface area contributed by atoms with E-state index in [1.165, 1.54) is 76.0 Å². The Hall–Kier alpha value is -3.71. The minimum Gasteiger partial charge on any atom is -0.480 e. The van der Waals surface area contributed by atoms with Crippen LogP contribution in [-0.4, -0.2) is 95.2 Å². The van der Waals surface area contributed by atoms with Crippen LogP contribution in [0.25, 0.3) is 0 Å². The van der Waals surface area contributed by atoms with Crippen molar-refractivity contribution in [2.24, 2.45) is 11.8 Å². The van der Waals surface area contributed by atoms with E-state index < -0.39 is 72.8 Å². The van der Waals surface area contributed by atoms with Crippen molar-refractivity contribution in [3.63, 3.8) is 0 Å². The van der Waals surface area contributed by atoms with Crippen molar-refractivity contribution in [1.82, 2.24) is 31.5 Å². The van der Waals surface area contributed by atoms with E-state index in [0.717, 1.165) is 19.3 Å². The topological polar surface area (TPSA) is 203 Å². The summed E-state index contributed by atoms with van der Waals surface area (Å²) in [5.74, 6) is -4.79. The Morgan fingerprint density at radius 2 is 1.13 bits per heavy atom. The van der Waals surface area contributed by atoms with Crippen LogP contribution in [-0.2, 0) is 33.6 Å². The van der Waals surface area contributed by atoms with Crippen LogP contribution in [0.1, 0.15) is 144 Å². The molecular weight excluding hydrogens is 668 g/mol. The van der Waals surface area contributed by atoms with E-state index in [-0.39, 0.29) is 24.3 Å². The standard InChI is InChI=1S/C38H68N6O8/c1-7-8-9-10-11-12-13-14-15-16-17-18-19-22-30(45)42-33(26(2)3)36(50)39-24-31(46)43-34(27(4)5)37(51)41-28(6)38(52)44-23-20-21-29(44)35(49)40-25-32(47)48/h26-29,33-34H,7-25H2,1-6H3,(H,39,50)(H,40,49)(H,41,51)(H,42,45)(H,43,46)(H,47,48)/t28-,29-,33+,34+/m1/s1. The summed E-state index contributed by atoms with van der Waals surface area (Å²) in [6, 6.07) is -3.70. The lowest BCUT2D eigenvalue weighted by atomic mass is 10.0. The smallest absolute Gasteiger partial charge is 0.322 e. The summed E-state index contributed by atoms with van der Waals surface area (Å²) < 4.78 is 0. The highest BCUT2D eigenvalue weighted by Crippen LogP contribution is 2.19. The highest BCUT2D eigenvalue weighted by molar-refractivity contribution is 5.96. The Kier molecular flexibility index (Phi) is 23.3. The van der Waals surface area contributed by atoms with Crippen molar-refractivity contribution in [3.05, 3.63) is 0 Å². The molecule has 1 aliphatic rings. The zero-order valence-corrected chi connectivity index (χ0v) is 32.7. The van der Waals surface area contributed by atoms with E-state index in [9.17, 15) is 33.6 Å². The molecule has 6 N–H and O–H groups in total. The van der Waals surface area contributed by atoms with Gasteiger partial charge in [0.25, 0.3) is 0 Å². The molecule has 0 bridgehead atoms. The summed E-state index contributed by atoms with van der Waals surface area (Å²) in [6.07, 6.45) is 17.0. The Balaban J connectivity index is 2.47. The molecule has 0 aromatic rings. The number of carboxylic acids is 1. The second-order valence-electron chi connectivity index (χ2n) is 14.8. The van der Waals surface area contributed by atoms with Gasteiger partial charge in [-0.3, -0.25) is 33.6 Å². The quantitative estimate of drug-likeness (QED) is 0.0687. The number of unbranched alkanes of at least 4 members (excludes halogenated alkanes) is 12. The zero-order chi connectivity index (χ0) is 39.1. The average Bonchev–Trinajstić information content (AvgIpc) is 3.59. The molecule has 1 heterocycles. The lowest BCUT2D eigenvalue weighted by Crippen LogP contribution is -2.58. The summed E-state index contributed by atoms with van der Waals surface area (Å²) in [6.45, 7) is 10.1. The van der Waals surface area contributed by atoms with Crippen LogP contribution in [0.5, 0.6) is 0 Å². The fourth-order valence-electron chi connectivity index (χ4n) is 6.32. The van der Waals surface area contributed by atoms with Crippen LogP contribution in [0.15, 0.2) is 0 Å². The summed E-state index contributed by atoms with van der Waals surface area (Å²) in [4.78, 5) is 89.3. The molecule has 1 aliphatic heterocycles. The lowest BCUT2D eigenvalue weighted by molar-refractivity contribution is -0.142. The molecule has 52 heavy (non-hydrogen) atoms. The van der Waals surface area contributed by atoms with Crippen molar-refractivity contribution < 1.29 is 38.7 Å². The number of hydrogen-bond acceptors (Lipinski definition) is 7. The predicted octanol–water partition coefficient (Wildman–Crippen LogP) is 3.56. The zero-order valence-electron chi connectivity index (χ0n) is 32.7. The van der Waals surface area contributed by atoms with E-state index in [1.807, 2.05) is 13.8 Å². The van der Waals surface area contributed by atoms with Gasteiger partial charge in [-0.2, -0.15) is 0 Å². The normalized spacial score (nSPS) is 15.8. The first-order valence-electron chi connectivity index (χ1n) is 19.7. The van der Waals surface area contributed by atoms with Crippen LogP contribution >= 0.6 is 0 Å². The maximum Gasteiger partial charge on any atom is 0.322 e. The van der Waals surface area contributed by atoms with Crippen molar-refractivity contribution in [1.29, 1.82) is 0 Å². The Morgan fingerprint density at radius 1 is 0.635 bits per heavy atom. The highest BCUT2D eigenvalue weighted by atomic mass is 16.4. The molecule has 1 saturated heterocycles. The molecule has 1 fully saturated rings. The number of nitrogens with one attached hydrogen (secondary N) is 5. The molecule has 0 unspecified atom stereocenters.